The van der Waals surface area contributed by atoms with Gasteiger partial charge < -0.3 is 5.11 Å². The predicted octanol–water partition coefficient (Wildman–Crippen LogP) is 3.33. The van der Waals surface area contributed by atoms with Crippen LogP contribution in [-0.2, 0) is 5.41 Å². The summed E-state index contributed by atoms with van der Waals surface area (Å²) in [6, 6.07) is 5.96. The van der Waals surface area contributed by atoms with Crippen molar-refractivity contribution in [1.29, 1.82) is 0 Å². The molecule has 0 aromatic heterocycles. The highest BCUT2D eigenvalue weighted by Crippen LogP contribution is 2.32. The highest BCUT2D eigenvalue weighted by Gasteiger charge is 2.19. The van der Waals surface area contributed by atoms with E-state index < -0.39 is 6.10 Å². The van der Waals surface area contributed by atoms with Crippen LogP contribution in [-0.4, -0.2) is 5.11 Å². The lowest BCUT2D eigenvalue weighted by Crippen LogP contribution is -2.13. The number of hydrogen-bond donors (Lipinski definition) is 2. The first-order valence-electron chi connectivity index (χ1n) is 4.84. The van der Waals surface area contributed by atoms with Crippen LogP contribution in [0.25, 0.3) is 0 Å². The maximum atomic E-state index is 9.55. The van der Waals surface area contributed by atoms with Crippen molar-refractivity contribution < 1.29 is 5.11 Å². The maximum Gasteiger partial charge on any atom is 0.0772 e. The molecule has 0 saturated heterocycles. The Labute approximate surface area is 91.6 Å². The van der Waals surface area contributed by atoms with Crippen molar-refractivity contribution in [2.75, 3.05) is 0 Å². The molecule has 0 fully saturated rings. The van der Waals surface area contributed by atoms with Crippen molar-refractivity contribution in [3.05, 3.63) is 29.3 Å². The minimum Gasteiger partial charge on any atom is -0.389 e. The summed E-state index contributed by atoms with van der Waals surface area (Å²) in [6.45, 7) is 8.21. The van der Waals surface area contributed by atoms with Crippen LogP contribution >= 0.6 is 12.6 Å². The Hall–Kier alpha value is -0.470. The van der Waals surface area contributed by atoms with Gasteiger partial charge in [-0.2, -0.15) is 0 Å². The smallest absolute Gasteiger partial charge is 0.0772 e. The molecule has 0 spiro atoms. The Balaban J connectivity index is 3.28. The van der Waals surface area contributed by atoms with Gasteiger partial charge in [0.05, 0.1) is 6.10 Å². The molecule has 1 rings (SSSR count). The highest BCUT2D eigenvalue weighted by molar-refractivity contribution is 7.80. The SMILES string of the molecule is CC(O)c1cccc(C(C)(C)C)c1S. The van der Waals surface area contributed by atoms with Gasteiger partial charge in [-0.3, -0.25) is 0 Å². The van der Waals surface area contributed by atoms with Gasteiger partial charge in [0.25, 0.3) is 0 Å². The van der Waals surface area contributed by atoms with E-state index in [9.17, 15) is 5.11 Å². The normalized spacial score (nSPS) is 14.1. The summed E-state index contributed by atoms with van der Waals surface area (Å²) >= 11 is 4.48. The first-order chi connectivity index (χ1) is 6.34. The quantitative estimate of drug-likeness (QED) is 0.681. The van der Waals surface area contributed by atoms with E-state index in [1.165, 1.54) is 5.56 Å². The van der Waals surface area contributed by atoms with Gasteiger partial charge in [0.1, 0.15) is 0 Å². The number of aliphatic hydroxyl groups is 1. The standard InChI is InChI=1S/C12H18OS/c1-8(13)9-6-5-7-10(11(9)14)12(2,3)4/h5-8,13-14H,1-4H3. The molecular formula is C12H18OS. The molecule has 1 nitrogen and oxygen atoms in total. The zero-order chi connectivity index (χ0) is 10.9. The van der Waals surface area contributed by atoms with Crippen molar-refractivity contribution in [3.8, 4) is 0 Å². The number of thiol groups is 1. The molecule has 14 heavy (non-hydrogen) atoms. The van der Waals surface area contributed by atoms with Crippen LogP contribution in [0.1, 0.15) is 44.9 Å². The molecule has 0 radical (unpaired) electrons. The van der Waals surface area contributed by atoms with Gasteiger partial charge in [0, 0.05) is 4.90 Å². The lowest BCUT2D eigenvalue weighted by Gasteiger charge is -2.23. The first kappa shape index (κ1) is 11.6. The minimum atomic E-state index is -0.454. The van der Waals surface area contributed by atoms with Crippen LogP contribution in [0.4, 0.5) is 0 Å². The predicted molar refractivity (Wildman–Crippen MR) is 63.0 cm³/mol. The van der Waals surface area contributed by atoms with E-state index in [-0.39, 0.29) is 5.41 Å². The van der Waals surface area contributed by atoms with E-state index >= 15 is 0 Å². The number of benzene rings is 1. The summed E-state index contributed by atoms with van der Waals surface area (Å²) in [5, 5.41) is 9.55. The third-order valence-corrected chi connectivity index (χ3v) is 2.82. The minimum absolute atomic E-state index is 0.0714. The third-order valence-electron chi connectivity index (χ3n) is 2.33. The molecule has 0 bridgehead atoms. The van der Waals surface area contributed by atoms with Gasteiger partial charge in [-0.15, -0.1) is 12.6 Å². The van der Waals surface area contributed by atoms with Crippen LogP contribution in [0.15, 0.2) is 23.1 Å². The van der Waals surface area contributed by atoms with Crippen molar-refractivity contribution in [3.63, 3.8) is 0 Å². The second-order valence-corrected chi connectivity index (χ2v) is 5.12. The van der Waals surface area contributed by atoms with Gasteiger partial charge in [-0.05, 0) is 23.5 Å². The van der Waals surface area contributed by atoms with Crippen molar-refractivity contribution in [1.82, 2.24) is 0 Å². The monoisotopic (exact) mass is 210 g/mol. The molecule has 2 heteroatoms. The summed E-state index contributed by atoms with van der Waals surface area (Å²) in [7, 11) is 0. The summed E-state index contributed by atoms with van der Waals surface area (Å²) in [5.74, 6) is 0. The second-order valence-electron chi connectivity index (χ2n) is 4.67. The number of aliphatic hydroxyl groups excluding tert-OH is 1. The third kappa shape index (κ3) is 2.31. The van der Waals surface area contributed by atoms with Crippen LogP contribution in [0, 0.1) is 0 Å². The van der Waals surface area contributed by atoms with E-state index in [1.807, 2.05) is 12.1 Å². The Morgan fingerprint density at radius 3 is 2.29 bits per heavy atom. The molecule has 78 valence electrons. The Bertz CT molecular complexity index is 324. The van der Waals surface area contributed by atoms with E-state index in [2.05, 4.69) is 39.5 Å². The van der Waals surface area contributed by atoms with Crippen LogP contribution in [0.5, 0.6) is 0 Å². The summed E-state index contributed by atoms with van der Waals surface area (Å²) in [4.78, 5) is 0.912. The lowest BCUT2D eigenvalue weighted by molar-refractivity contribution is 0.196. The fraction of sp³-hybridized carbons (Fsp3) is 0.500. The largest absolute Gasteiger partial charge is 0.389 e. The molecule has 1 unspecified atom stereocenters. The fourth-order valence-corrected chi connectivity index (χ4v) is 2.18. The van der Waals surface area contributed by atoms with Gasteiger partial charge >= 0.3 is 0 Å². The molecule has 1 atom stereocenters. The van der Waals surface area contributed by atoms with Gasteiger partial charge in [0.15, 0.2) is 0 Å². The van der Waals surface area contributed by atoms with Crippen LogP contribution < -0.4 is 0 Å². The zero-order valence-corrected chi connectivity index (χ0v) is 10.1. The highest BCUT2D eigenvalue weighted by atomic mass is 32.1. The summed E-state index contributed by atoms with van der Waals surface area (Å²) in [5.41, 5.74) is 2.15. The van der Waals surface area contributed by atoms with Gasteiger partial charge in [0.2, 0.25) is 0 Å². The molecule has 0 saturated carbocycles. The molecule has 1 aromatic rings. The molecule has 0 aliphatic rings. The number of rotatable bonds is 1. The average molecular weight is 210 g/mol. The van der Waals surface area contributed by atoms with Crippen molar-refractivity contribution >= 4 is 12.6 Å². The van der Waals surface area contributed by atoms with E-state index in [0.717, 1.165) is 10.5 Å². The van der Waals surface area contributed by atoms with E-state index in [1.54, 1.807) is 6.92 Å². The topological polar surface area (TPSA) is 20.2 Å². The van der Waals surface area contributed by atoms with Crippen LogP contribution in [0.2, 0.25) is 0 Å². The lowest BCUT2D eigenvalue weighted by atomic mass is 9.85. The Morgan fingerprint density at radius 1 is 1.29 bits per heavy atom. The molecule has 0 aliphatic carbocycles. The average Bonchev–Trinajstić information content (AvgIpc) is 2.01. The second kappa shape index (κ2) is 3.95. The molecule has 1 N–H and O–H groups in total. The van der Waals surface area contributed by atoms with E-state index in [4.69, 9.17) is 0 Å². The van der Waals surface area contributed by atoms with Crippen molar-refractivity contribution in [2.45, 2.75) is 44.1 Å². The van der Waals surface area contributed by atoms with Crippen molar-refractivity contribution in [2.24, 2.45) is 0 Å². The fourth-order valence-electron chi connectivity index (χ4n) is 1.50. The summed E-state index contributed by atoms with van der Waals surface area (Å²) in [6.07, 6.45) is -0.454. The first-order valence-corrected chi connectivity index (χ1v) is 5.29. The molecule has 0 amide bonds. The molecule has 0 aliphatic heterocycles. The zero-order valence-electron chi connectivity index (χ0n) is 9.20. The van der Waals surface area contributed by atoms with Crippen LogP contribution in [0.3, 0.4) is 0 Å². The van der Waals surface area contributed by atoms with E-state index in [0.29, 0.717) is 0 Å². The Kier molecular flexibility index (Phi) is 3.28. The summed E-state index contributed by atoms with van der Waals surface area (Å²) < 4.78 is 0. The van der Waals surface area contributed by atoms with Gasteiger partial charge in [-0.1, -0.05) is 39.0 Å². The van der Waals surface area contributed by atoms with Gasteiger partial charge in [-0.25, -0.2) is 0 Å². The molecule has 0 heterocycles. The Morgan fingerprint density at radius 2 is 1.86 bits per heavy atom. The molecular weight excluding hydrogens is 192 g/mol. The number of hydrogen-bond acceptors (Lipinski definition) is 2. The maximum absolute atomic E-state index is 9.55. The molecule has 1 aromatic carbocycles.